The van der Waals surface area contributed by atoms with E-state index in [0.29, 0.717) is 0 Å². The topological polar surface area (TPSA) is 0 Å². The van der Waals surface area contributed by atoms with Crippen LogP contribution in [0.2, 0.25) is 0 Å². The molecule has 0 nitrogen and oxygen atoms in total. The van der Waals surface area contributed by atoms with Gasteiger partial charge in [-0.15, -0.1) is 0 Å². The molecule has 0 amide bonds. The van der Waals surface area contributed by atoms with Crippen LogP contribution in [0, 0.1) is 5.92 Å². The average Bonchev–Trinajstić information content (AvgIpc) is 2.86. The van der Waals surface area contributed by atoms with Crippen molar-refractivity contribution < 1.29 is 0 Å². The highest BCUT2D eigenvalue weighted by Gasteiger charge is 1.96. The smallest absolute Gasteiger partial charge is 0.0285 e. The highest BCUT2D eigenvalue weighted by Crippen LogP contribution is 2.14. The third-order valence-corrected chi connectivity index (χ3v) is 6.50. The van der Waals surface area contributed by atoms with Crippen molar-refractivity contribution in [2.75, 3.05) is 0 Å². The van der Waals surface area contributed by atoms with Gasteiger partial charge < -0.3 is 0 Å². The predicted molar refractivity (Wildman–Crippen MR) is 186 cm³/mol. The Morgan fingerprint density at radius 1 is 0.475 bits per heavy atom. The predicted octanol–water partition coefficient (Wildman–Crippen LogP) is 13.2. The van der Waals surface area contributed by atoms with Crippen molar-refractivity contribution in [1.82, 2.24) is 0 Å². The summed E-state index contributed by atoms with van der Waals surface area (Å²) in [5, 5.41) is 0. The van der Waals surface area contributed by atoms with Crippen LogP contribution in [0.3, 0.4) is 0 Å². The highest BCUT2D eigenvalue weighted by molar-refractivity contribution is 5.31. The third-order valence-electron chi connectivity index (χ3n) is 6.50. The fraction of sp³-hybridized carbons (Fsp3) is 0.450. The summed E-state index contributed by atoms with van der Waals surface area (Å²) in [7, 11) is 0. The van der Waals surface area contributed by atoms with Crippen LogP contribution in [0.4, 0.5) is 0 Å². The van der Waals surface area contributed by atoms with E-state index < -0.39 is 0 Å². The van der Waals surface area contributed by atoms with E-state index in [-0.39, 0.29) is 0 Å². The zero-order valence-electron chi connectivity index (χ0n) is 27.7. The number of hydrogen-bond acceptors (Lipinski definition) is 0. The van der Waals surface area contributed by atoms with Gasteiger partial charge in [0.05, 0.1) is 0 Å². The molecular formula is C40H60. The number of allylic oxidation sites excluding steroid dienone is 22. The van der Waals surface area contributed by atoms with Gasteiger partial charge in [-0.3, -0.25) is 0 Å². The zero-order chi connectivity index (χ0) is 30.2. The quantitative estimate of drug-likeness (QED) is 0.120. The SMILES string of the molecule is CC(C)=CCCC(C)=CC=CC(C)=CC=CC(C)=CC=CC=C(C)C=CC=C(C)CCC=C(C)CCCC(C)C. The van der Waals surface area contributed by atoms with Crippen molar-refractivity contribution in [3.05, 3.63) is 130 Å². The van der Waals surface area contributed by atoms with Crippen LogP contribution in [0.1, 0.15) is 114 Å². The summed E-state index contributed by atoms with van der Waals surface area (Å²) in [6.07, 6.45) is 41.2. The van der Waals surface area contributed by atoms with E-state index in [4.69, 9.17) is 0 Å². The molecule has 0 N–H and O–H groups in total. The molecule has 0 spiro atoms. The van der Waals surface area contributed by atoms with Crippen molar-refractivity contribution in [2.24, 2.45) is 5.92 Å². The zero-order valence-corrected chi connectivity index (χ0v) is 27.7. The maximum Gasteiger partial charge on any atom is -0.0285 e. The van der Waals surface area contributed by atoms with Crippen LogP contribution < -0.4 is 0 Å². The first kappa shape index (κ1) is 37.1. The molecule has 0 aromatic heterocycles. The van der Waals surface area contributed by atoms with Crippen LogP contribution in [0.5, 0.6) is 0 Å². The molecule has 0 aliphatic heterocycles. The molecule has 0 rings (SSSR count). The van der Waals surface area contributed by atoms with E-state index in [1.807, 2.05) is 0 Å². The summed E-state index contributed by atoms with van der Waals surface area (Å²) in [6, 6.07) is 0. The van der Waals surface area contributed by atoms with Gasteiger partial charge >= 0.3 is 0 Å². The van der Waals surface area contributed by atoms with Crippen molar-refractivity contribution in [1.29, 1.82) is 0 Å². The summed E-state index contributed by atoms with van der Waals surface area (Å²) in [5.41, 5.74) is 9.48. The molecule has 0 bridgehead atoms. The first-order chi connectivity index (χ1) is 19.0. The summed E-state index contributed by atoms with van der Waals surface area (Å²) in [5.74, 6) is 0.811. The highest BCUT2D eigenvalue weighted by atomic mass is 14.0. The molecule has 0 aromatic carbocycles. The van der Waals surface area contributed by atoms with E-state index in [0.717, 1.165) is 31.6 Å². The normalized spacial score (nSPS) is 15.2. The van der Waals surface area contributed by atoms with Crippen molar-refractivity contribution >= 4 is 0 Å². The fourth-order valence-electron chi connectivity index (χ4n) is 3.85. The van der Waals surface area contributed by atoms with Crippen LogP contribution >= 0.6 is 0 Å². The maximum absolute atomic E-state index is 2.42. The summed E-state index contributed by atoms with van der Waals surface area (Å²) >= 11 is 0. The lowest BCUT2D eigenvalue weighted by Crippen LogP contribution is -1.87. The van der Waals surface area contributed by atoms with Gasteiger partial charge in [0.1, 0.15) is 0 Å². The van der Waals surface area contributed by atoms with Gasteiger partial charge in [-0.1, -0.05) is 150 Å². The molecule has 220 valence electrons. The molecule has 0 aliphatic rings. The Hall–Kier alpha value is -2.86. The molecule has 0 radical (unpaired) electrons. The number of hydrogen-bond donors (Lipinski definition) is 0. The first-order valence-corrected chi connectivity index (χ1v) is 15.3. The lowest BCUT2D eigenvalue weighted by Gasteiger charge is -2.05. The Labute approximate surface area is 249 Å². The third kappa shape index (κ3) is 25.4. The van der Waals surface area contributed by atoms with E-state index in [1.165, 1.54) is 58.3 Å². The summed E-state index contributed by atoms with van der Waals surface area (Å²) in [6.45, 7) is 22.0. The molecule has 0 atom stereocenters. The van der Waals surface area contributed by atoms with E-state index in [1.54, 1.807) is 0 Å². The lowest BCUT2D eigenvalue weighted by molar-refractivity contribution is 0.554. The van der Waals surface area contributed by atoms with Crippen LogP contribution in [0.25, 0.3) is 0 Å². The molecule has 0 saturated heterocycles. The molecule has 0 aliphatic carbocycles. The monoisotopic (exact) mass is 540 g/mol. The van der Waals surface area contributed by atoms with Crippen molar-refractivity contribution in [2.45, 2.75) is 114 Å². The average molecular weight is 541 g/mol. The van der Waals surface area contributed by atoms with Gasteiger partial charge in [-0.05, 0) is 99.8 Å². The Balaban J connectivity index is 4.58. The van der Waals surface area contributed by atoms with Crippen molar-refractivity contribution in [3.63, 3.8) is 0 Å². The second kappa shape index (κ2) is 24.0. The maximum atomic E-state index is 2.42. The Bertz CT molecular complexity index is 1040. The largest absolute Gasteiger partial charge is 0.0856 e. The van der Waals surface area contributed by atoms with E-state index in [2.05, 4.69) is 160 Å². The summed E-state index contributed by atoms with van der Waals surface area (Å²) in [4.78, 5) is 0. The fourth-order valence-corrected chi connectivity index (χ4v) is 3.85. The Morgan fingerprint density at radius 3 is 1.35 bits per heavy atom. The number of rotatable bonds is 18. The van der Waals surface area contributed by atoms with Crippen molar-refractivity contribution in [3.8, 4) is 0 Å². The molecule has 0 fully saturated rings. The minimum atomic E-state index is 0.811. The minimum absolute atomic E-state index is 0.811. The first-order valence-electron chi connectivity index (χ1n) is 15.3. The van der Waals surface area contributed by atoms with Gasteiger partial charge in [0, 0.05) is 0 Å². The molecule has 0 saturated carbocycles. The molecule has 0 aromatic rings. The molecule has 0 heterocycles. The van der Waals surface area contributed by atoms with E-state index in [9.17, 15) is 0 Å². The lowest BCUT2D eigenvalue weighted by atomic mass is 10.0. The van der Waals surface area contributed by atoms with Crippen LogP contribution in [-0.4, -0.2) is 0 Å². The minimum Gasteiger partial charge on any atom is -0.0856 e. The summed E-state index contributed by atoms with van der Waals surface area (Å²) < 4.78 is 0. The van der Waals surface area contributed by atoms with Crippen LogP contribution in [0.15, 0.2) is 130 Å². The Morgan fingerprint density at radius 2 is 0.900 bits per heavy atom. The van der Waals surface area contributed by atoms with Gasteiger partial charge in [-0.25, -0.2) is 0 Å². The second-order valence-corrected chi connectivity index (χ2v) is 11.9. The van der Waals surface area contributed by atoms with Gasteiger partial charge in [-0.2, -0.15) is 0 Å². The second-order valence-electron chi connectivity index (χ2n) is 11.9. The van der Waals surface area contributed by atoms with Gasteiger partial charge in [0.15, 0.2) is 0 Å². The van der Waals surface area contributed by atoms with Gasteiger partial charge in [0.2, 0.25) is 0 Å². The molecular weight excluding hydrogens is 480 g/mol. The molecule has 0 heteroatoms. The molecule has 40 heavy (non-hydrogen) atoms. The van der Waals surface area contributed by atoms with Crippen LogP contribution in [-0.2, 0) is 0 Å². The standard InChI is InChI=1S/C40H60/c1-33(2)19-13-23-37(7)27-17-31-39(9)29-15-25-35(5)21-11-12-22-36(6)26-16-30-40(10)32-18-28-38(8)24-14-20-34(3)4/h11-12,15-17,19,21-22,25-31,34H,13-14,18,20,23-24,32H2,1-10H3. The van der Waals surface area contributed by atoms with E-state index >= 15 is 0 Å². The molecule has 0 unspecified atom stereocenters. The Kier molecular flexibility index (Phi) is 22.3. The van der Waals surface area contributed by atoms with Gasteiger partial charge in [0.25, 0.3) is 0 Å².